The number of halogens is 2. The molecule has 1 rings (SSSR count). The number of nitrogens with two attached hydrogens (primary N) is 1. The molecule has 7 heteroatoms. The summed E-state index contributed by atoms with van der Waals surface area (Å²) >= 11 is 1.48. The summed E-state index contributed by atoms with van der Waals surface area (Å²) in [7, 11) is 1.32. The lowest BCUT2D eigenvalue weighted by molar-refractivity contribution is -0.142. The van der Waals surface area contributed by atoms with E-state index in [4.69, 9.17) is 5.73 Å². The second-order valence-corrected chi connectivity index (χ2v) is 3.03. The van der Waals surface area contributed by atoms with E-state index in [9.17, 15) is 4.79 Å². The fourth-order valence-electron chi connectivity index (χ4n) is 0.798. The average Bonchev–Trinajstić information content (AvgIpc) is 2.55. The van der Waals surface area contributed by atoms with E-state index in [0.29, 0.717) is 6.42 Å². The highest BCUT2D eigenvalue weighted by molar-refractivity contribution is 7.07. The topological polar surface area (TPSA) is 65.2 Å². The number of rotatable bonds is 3. The third-order valence-corrected chi connectivity index (χ3v) is 2.05. The van der Waals surface area contributed by atoms with E-state index < -0.39 is 12.0 Å². The number of methoxy groups -OCH3 is 1. The van der Waals surface area contributed by atoms with E-state index >= 15 is 0 Å². The Hall–Kier alpha value is -0.360. The van der Waals surface area contributed by atoms with Gasteiger partial charge in [0.1, 0.15) is 6.04 Å². The maximum atomic E-state index is 10.9. The molecule has 14 heavy (non-hydrogen) atoms. The van der Waals surface area contributed by atoms with Gasteiger partial charge in [-0.2, -0.15) is 0 Å². The van der Waals surface area contributed by atoms with Crippen LogP contribution in [0.4, 0.5) is 0 Å². The van der Waals surface area contributed by atoms with Crippen LogP contribution in [0, 0.1) is 0 Å². The van der Waals surface area contributed by atoms with Crippen molar-refractivity contribution < 1.29 is 9.53 Å². The van der Waals surface area contributed by atoms with Crippen molar-refractivity contribution >= 4 is 42.1 Å². The number of carbonyl (C=O) groups is 1. The molecule has 0 spiro atoms. The Kier molecular flexibility index (Phi) is 9.18. The highest BCUT2D eigenvalue weighted by Gasteiger charge is 2.14. The Balaban J connectivity index is 0. The summed E-state index contributed by atoms with van der Waals surface area (Å²) in [6.07, 6.45) is 0.441. The number of esters is 1. The minimum Gasteiger partial charge on any atom is -0.468 e. The quantitative estimate of drug-likeness (QED) is 0.823. The molecule has 0 saturated heterocycles. The van der Waals surface area contributed by atoms with Crippen molar-refractivity contribution in [3.63, 3.8) is 0 Å². The molecule has 0 amide bonds. The van der Waals surface area contributed by atoms with Crippen LogP contribution in [0.5, 0.6) is 0 Å². The Morgan fingerprint density at radius 2 is 2.36 bits per heavy atom. The van der Waals surface area contributed by atoms with Crippen molar-refractivity contribution in [3.05, 3.63) is 16.6 Å². The van der Waals surface area contributed by atoms with Crippen molar-refractivity contribution in [3.8, 4) is 0 Å². The first-order valence-corrected chi connectivity index (χ1v) is 4.39. The van der Waals surface area contributed by atoms with Crippen LogP contribution in [0.1, 0.15) is 5.69 Å². The van der Waals surface area contributed by atoms with Crippen molar-refractivity contribution in [2.75, 3.05) is 7.11 Å². The number of ether oxygens (including phenoxy) is 1. The molecule has 1 aromatic rings. The fourth-order valence-corrected chi connectivity index (χ4v) is 1.37. The molecule has 1 atom stereocenters. The van der Waals surface area contributed by atoms with E-state index in [1.165, 1.54) is 18.4 Å². The molecule has 0 fully saturated rings. The lowest BCUT2D eigenvalue weighted by Crippen LogP contribution is -2.33. The van der Waals surface area contributed by atoms with Crippen molar-refractivity contribution in [1.82, 2.24) is 4.98 Å². The highest BCUT2D eigenvalue weighted by atomic mass is 35.5. The lowest BCUT2D eigenvalue weighted by atomic mass is 10.2. The van der Waals surface area contributed by atoms with E-state index in [1.54, 1.807) is 5.51 Å². The summed E-state index contributed by atoms with van der Waals surface area (Å²) in [5.41, 5.74) is 8.05. The number of aromatic nitrogens is 1. The molecule has 0 unspecified atom stereocenters. The molecular weight excluding hydrogens is 247 g/mol. The summed E-state index contributed by atoms with van der Waals surface area (Å²) in [5.74, 6) is -0.400. The van der Waals surface area contributed by atoms with Crippen LogP contribution in [0.15, 0.2) is 10.9 Å². The van der Waals surface area contributed by atoms with Crippen molar-refractivity contribution in [2.45, 2.75) is 12.5 Å². The fraction of sp³-hybridized carbons (Fsp3) is 0.429. The first kappa shape index (κ1) is 16.1. The van der Waals surface area contributed by atoms with Crippen LogP contribution in [0.2, 0.25) is 0 Å². The van der Waals surface area contributed by atoms with Crippen LogP contribution in [-0.2, 0) is 16.0 Å². The molecule has 82 valence electrons. The third-order valence-electron chi connectivity index (χ3n) is 1.42. The van der Waals surface area contributed by atoms with Gasteiger partial charge < -0.3 is 10.5 Å². The van der Waals surface area contributed by atoms with Gasteiger partial charge >= 0.3 is 5.97 Å². The predicted octanol–water partition coefficient (Wildman–Crippen LogP) is 1.03. The molecular formula is C7H12Cl2N2O2S. The summed E-state index contributed by atoms with van der Waals surface area (Å²) in [6, 6.07) is -0.600. The second-order valence-electron chi connectivity index (χ2n) is 2.31. The minimum atomic E-state index is -0.600. The molecule has 0 aromatic carbocycles. The minimum absolute atomic E-state index is 0. The van der Waals surface area contributed by atoms with E-state index in [1.807, 2.05) is 5.38 Å². The van der Waals surface area contributed by atoms with Gasteiger partial charge in [0.05, 0.1) is 18.3 Å². The van der Waals surface area contributed by atoms with E-state index in [2.05, 4.69) is 9.72 Å². The van der Waals surface area contributed by atoms with Gasteiger partial charge in [0.15, 0.2) is 0 Å². The van der Waals surface area contributed by atoms with Crippen molar-refractivity contribution in [2.24, 2.45) is 5.73 Å². The van der Waals surface area contributed by atoms with E-state index in [0.717, 1.165) is 5.69 Å². The van der Waals surface area contributed by atoms with Crippen LogP contribution < -0.4 is 5.73 Å². The monoisotopic (exact) mass is 258 g/mol. The molecule has 0 aliphatic rings. The number of nitrogens with zero attached hydrogens (tertiary/aromatic N) is 1. The largest absolute Gasteiger partial charge is 0.468 e. The van der Waals surface area contributed by atoms with Crippen LogP contribution in [0.3, 0.4) is 0 Å². The predicted molar refractivity (Wildman–Crippen MR) is 60.3 cm³/mol. The summed E-state index contributed by atoms with van der Waals surface area (Å²) in [4.78, 5) is 14.9. The van der Waals surface area contributed by atoms with Gasteiger partial charge in [-0.05, 0) is 0 Å². The molecule has 2 N–H and O–H groups in total. The van der Waals surface area contributed by atoms with Crippen molar-refractivity contribution in [1.29, 1.82) is 0 Å². The van der Waals surface area contributed by atoms with Gasteiger partial charge in [0.2, 0.25) is 0 Å². The van der Waals surface area contributed by atoms with Gasteiger partial charge in [-0.1, -0.05) is 0 Å². The molecule has 1 aromatic heterocycles. The van der Waals surface area contributed by atoms with Crippen LogP contribution >= 0.6 is 36.2 Å². The normalized spacial score (nSPS) is 10.7. The zero-order valence-corrected chi connectivity index (χ0v) is 9.95. The van der Waals surface area contributed by atoms with Gasteiger partial charge in [-0.25, -0.2) is 4.98 Å². The van der Waals surface area contributed by atoms with Gasteiger partial charge in [-0.15, -0.1) is 36.2 Å². The summed E-state index contributed by atoms with van der Waals surface area (Å²) < 4.78 is 4.47. The summed E-state index contributed by atoms with van der Waals surface area (Å²) in [6.45, 7) is 0. The average molecular weight is 259 g/mol. The standard InChI is InChI=1S/C7H10N2O2S.2ClH/c1-11-7(10)6(8)2-5-3-12-4-9-5;;/h3-4,6H,2,8H2,1H3;2*1H/t6-;;/m0../s1. The second kappa shape index (κ2) is 7.99. The lowest BCUT2D eigenvalue weighted by Gasteiger charge is -2.05. The number of thiazole rings is 1. The molecule has 0 saturated carbocycles. The van der Waals surface area contributed by atoms with Gasteiger partial charge in [-0.3, -0.25) is 4.79 Å². The Labute approximate surface area is 98.7 Å². The number of hydrogen-bond acceptors (Lipinski definition) is 5. The SMILES string of the molecule is COC(=O)[C@@H](N)Cc1cscn1.Cl.Cl. The van der Waals surface area contributed by atoms with Gasteiger partial charge in [0, 0.05) is 11.8 Å². The first-order valence-electron chi connectivity index (χ1n) is 3.44. The molecule has 0 aliphatic heterocycles. The molecule has 1 heterocycles. The smallest absolute Gasteiger partial charge is 0.323 e. The molecule has 0 bridgehead atoms. The maximum absolute atomic E-state index is 10.9. The third kappa shape index (κ3) is 4.76. The molecule has 4 nitrogen and oxygen atoms in total. The number of hydrogen-bond donors (Lipinski definition) is 1. The molecule has 0 radical (unpaired) electrons. The molecule has 0 aliphatic carbocycles. The zero-order chi connectivity index (χ0) is 8.97. The van der Waals surface area contributed by atoms with Gasteiger partial charge in [0.25, 0.3) is 0 Å². The Morgan fingerprint density at radius 1 is 1.71 bits per heavy atom. The Bertz CT molecular complexity index is 256. The van der Waals surface area contributed by atoms with Crippen LogP contribution in [0.25, 0.3) is 0 Å². The highest BCUT2D eigenvalue weighted by Crippen LogP contribution is 2.03. The zero-order valence-electron chi connectivity index (χ0n) is 7.50. The van der Waals surface area contributed by atoms with Crippen LogP contribution in [-0.4, -0.2) is 24.1 Å². The first-order chi connectivity index (χ1) is 5.74. The number of carbonyl (C=O) groups excluding carboxylic acids is 1. The van der Waals surface area contributed by atoms with E-state index in [-0.39, 0.29) is 24.8 Å². The Morgan fingerprint density at radius 3 is 2.79 bits per heavy atom. The summed E-state index contributed by atoms with van der Waals surface area (Å²) in [5, 5.41) is 1.86. The maximum Gasteiger partial charge on any atom is 0.323 e.